The number of furan rings is 1. The third-order valence-corrected chi connectivity index (χ3v) is 3.42. The van der Waals surface area contributed by atoms with Gasteiger partial charge in [0.1, 0.15) is 11.6 Å². The van der Waals surface area contributed by atoms with Crippen LogP contribution in [-0.2, 0) is 16.1 Å². The Hall–Kier alpha value is -2.14. The first-order valence-electron chi connectivity index (χ1n) is 7.40. The third kappa shape index (κ3) is 4.70. The predicted octanol–water partition coefficient (Wildman–Crippen LogP) is 3.59. The summed E-state index contributed by atoms with van der Waals surface area (Å²) in [6.45, 7) is 2.32. The van der Waals surface area contributed by atoms with Gasteiger partial charge in [-0.25, -0.2) is 9.87 Å². The monoisotopic (exact) mass is 305 g/mol. The molecule has 1 heterocycles. The van der Waals surface area contributed by atoms with E-state index in [2.05, 4.69) is 5.48 Å². The van der Waals surface area contributed by atoms with E-state index < -0.39 is 0 Å². The Kier molecular flexibility index (Phi) is 6.15. The summed E-state index contributed by atoms with van der Waals surface area (Å²) < 4.78 is 18.1. The van der Waals surface area contributed by atoms with E-state index >= 15 is 0 Å². The quantitative estimate of drug-likeness (QED) is 0.599. The molecule has 1 aromatic heterocycles. The minimum atomic E-state index is -0.342. The summed E-state index contributed by atoms with van der Waals surface area (Å²) in [7, 11) is 0. The van der Waals surface area contributed by atoms with Crippen LogP contribution in [0.15, 0.2) is 47.1 Å². The fraction of sp³-hybridized carbons (Fsp3) is 0.353. The number of hydrogen-bond acceptors (Lipinski definition) is 3. The Morgan fingerprint density at radius 2 is 2.09 bits per heavy atom. The Labute approximate surface area is 129 Å². The molecule has 1 unspecified atom stereocenters. The van der Waals surface area contributed by atoms with Crippen molar-refractivity contribution in [1.82, 2.24) is 5.48 Å². The SMILES string of the molecule is CCC(C(=O)NOCCCc1ccco1)c1ccc(F)cc1. The molecule has 1 N–H and O–H groups in total. The highest BCUT2D eigenvalue weighted by molar-refractivity contribution is 5.82. The van der Waals surface area contributed by atoms with Crippen molar-refractivity contribution in [2.45, 2.75) is 32.1 Å². The summed E-state index contributed by atoms with van der Waals surface area (Å²) in [5.74, 6) is 0.0265. The topological polar surface area (TPSA) is 51.5 Å². The zero-order valence-corrected chi connectivity index (χ0v) is 12.5. The van der Waals surface area contributed by atoms with E-state index in [1.807, 2.05) is 19.1 Å². The van der Waals surface area contributed by atoms with Gasteiger partial charge in [0, 0.05) is 6.42 Å². The molecule has 0 saturated heterocycles. The number of nitrogens with one attached hydrogen (secondary N) is 1. The highest BCUT2D eigenvalue weighted by Crippen LogP contribution is 2.20. The van der Waals surface area contributed by atoms with Crippen LogP contribution in [0.5, 0.6) is 0 Å². The van der Waals surface area contributed by atoms with Crippen molar-refractivity contribution < 1.29 is 18.4 Å². The van der Waals surface area contributed by atoms with Crippen LogP contribution in [-0.4, -0.2) is 12.5 Å². The maximum absolute atomic E-state index is 12.9. The molecular weight excluding hydrogens is 285 g/mol. The molecule has 0 bridgehead atoms. The van der Waals surface area contributed by atoms with Crippen molar-refractivity contribution >= 4 is 5.91 Å². The normalized spacial score (nSPS) is 12.1. The fourth-order valence-corrected chi connectivity index (χ4v) is 2.23. The second-order valence-electron chi connectivity index (χ2n) is 5.01. The molecule has 0 saturated carbocycles. The second-order valence-corrected chi connectivity index (χ2v) is 5.01. The Bertz CT molecular complexity index is 566. The van der Waals surface area contributed by atoms with Crippen molar-refractivity contribution in [3.05, 3.63) is 59.8 Å². The third-order valence-electron chi connectivity index (χ3n) is 3.42. The molecule has 2 rings (SSSR count). The molecular formula is C17H20FNO3. The first kappa shape index (κ1) is 16.2. The van der Waals surface area contributed by atoms with Crippen LogP contribution >= 0.6 is 0 Å². The molecule has 0 aliphatic carbocycles. The van der Waals surface area contributed by atoms with Crippen LogP contribution in [0.1, 0.15) is 37.0 Å². The molecule has 5 heteroatoms. The lowest BCUT2D eigenvalue weighted by molar-refractivity contribution is -0.135. The zero-order valence-electron chi connectivity index (χ0n) is 12.5. The molecule has 0 aliphatic heterocycles. The second kappa shape index (κ2) is 8.34. The summed E-state index contributed by atoms with van der Waals surface area (Å²) in [6.07, 6.45) is 3.76. The molecule has 2 aromatic rings. The summed E-state index contributed by atoms with van der Waals surface area (Å²) in [5, 5.41) is 0. The van der Waals surface area contributed by atoms with Crippen LogP contribution in [0.3, 0.4) is 0 Å². The van der Waals surface area contributed by atoms with Crippen LogP contribution < -0.4 is 5.48 Å². The number of carbonyl (C=O) groups is 1. The Balaban J connectivity index is 1.74. The lowest BCUT2D eigenvalue weighted by atomic mass is 9.96. The van der Waals surface area contributed by atoms with Gasteiger partial charge in [-0.2, -0.15) is 0 Å². The minimum Gasteiger partial charge on any atom is -0.469 e. The summed E-state index contributed by atoms with van der Waals surface area (Å²) in [6, 6.07) is 9.71. The average Bonchev–Trinajstić information content (AvgIpc) is 3.03. The predicted molar refractivity (Wildman–Crippen MR) is 80.6 cm³/mol. The molecule has 0 aliphatic rings. The van der Waals surface area contributed by atoms with Gasteiger partial charge in [0.05, 0.1) is 18.8 Å². The van der Waals surface area contributed by atoms with E-state index in [9.17, 15) is 9.18 Å². The average molecular weight is 305 g/mol. The Morgan fingerprint density at radius 1 is 1.32 bits per heavy atom. The first-order valence-corrected chi connectivity index (χ1v) is 7.40. The molecule has 1 atom stereocenters. The molecule has 22 heavy (non-hydrogen) atoms. The Morgan fingerprint density at radius 3 is 2.73 bits per heavy atom. The summed E-state index contributed by atoms with van der Waals surface area (Å²) >= 11 is 0. The summed E-state index contributed by atoms with van der Waals surface area (Å²) in [5.41, 5.74) is 3.24. The standard InChI is InChI=1S/C17H20FNO3/c1-2-16(13-7-9-14(18)10-8-13)17(20)19-22-12-4-6-15-5-3-11-21-15/h3,5,7-11,16H,2,4,6,12H2,1H3,(H,19,20). The van der Waals surface area contributed by atoms with E-state index in [4.69, 9.17) is 9.25 Å². The van der Waals surface area contributed by atoms with Crippen LogP contribution in [0.4, 0.5) is 4.39 Å². The van der Waals surface area contributed by atoms with Crippen LogP contribution in [0, 0.1) is 5.82 Å². The van der Waals surface area contributed by atoms with E-state index in [1.54, 1.807) is 18.4 Å². The van der Waals surface area contributed by atoms with Crippen molar-refractivity contribution in [3.8, 4) is 0 Å². The largest absolute Gasteiger partial charge is 0.469 e. The van der Waals surface area contributed by atoms with Crippen molar-refractivity contribution in [1.29, 1.82) is 0 Å². The molecule has 4 nitrogen and oxygen atoms in total. The molecule has 0 fully saturated rings. The highest BCUT2D eigenvalue weighted by atomic mass is 19.1. The number of aryl methyl sites for hydroxylation is 1. The van der Waals surface area contributed by atoms with Crippen molar-refractivity contribution in [2.75, 3.05) is 6.61 Å². The molecule has 0 radical (unpaired) electrons. The van der Waals surface area contributed by atoms with Crippen LogP contribution in [0.2, 0.25) is 0 Å². The maximum Gasteiger partial charge on any atom is 0.251 e. The van der Waals surface area contributed by atoms with Gasteiger partial charge in [-0.3, -0.25) is 9.63 Å². The van der Waals surface area contributed by atoms with Crippen LogP contribution in [0.25, 0.3) is 0 Å². The maximum atomic E-state index is 12.9. The lowest BCUT2D eigenvalue weighted by Gasteiger charge is -2.15. The van der Waals surface area contributed by atoms with Gasteiger partial charge in [0.2, 0.25) is 0 Å². The number of benzene rings is 1. The number of carbonyl (C=O) groups excluding carboxylic acids is 1. The zero-order chi connectivity index (χ0) is 15.8. The molecule has 1 aromatic carbocycles. The molecule has 0 spiro atoms. The number of halogens is 1. The summed E-state index contributed by atoms with van der Waals surface area (Å²) in [4.78, 5) is 17.3. The van der Waals surface area contributed by atoms with Gasteiger partial charge in [0.15, 0.2) is 0 Å². The van der Waals surface area contributed by atoms with Gasteiger partial charge in [-0.05, 0) is 42.7 Å². The number of rotatable bonds is 8. The fourth-order valence-electron chi connectivity index (χ4n) is 2.23. The first-order chi connectivity index (χ1) is 10.7. The molecule has 1 amide bonds. The van der Waals surface area contributed by atoms with E-state index in [-0.39, 0.29) is 17.6 Å². The smallest absolute Gasteiger partial charge is 0.251 e. The van der Waals surface area contributed by atoms with Crippen molar-refractivity contribution in [2.24, 2.45) is 0 Å². The number of amides is 1. The number of hydrogen-bond donors (Lipinski definition) is 1. The highest BCUT2D eigenvalue weighted by Gasteiger charge is 2.18. The minimum absolute atomic E-state index is 0.216. The van der Waals surface area contributed by atoms with Gasteiger partial charge < -0.3 is 4.42 Å². The molecule has 118 valence electrons. The van der Waals surface area contributed by atoms with Gasteiger partial charge in [-0.15, -0.1) is 0 Å². The lowest BCUT2D eigenvalue weighted by Crippen LogP contribution is -2.29. The number of hydroxylamine groups is 1. The van der Waals surface area contributed by atoms with E-state index in [0.717, 1.165) is 24.2 Å². The van der Waals surface area contributed by atoms with E-state index in [0.29, 0.717) is 13.0 Å². The van der Waals surface area contributed by atoms with Gasteiger partial charge in [0.25, 0.3) is 5.91 Å². The van der Waals surface area contributed by atoms with Crippen molar-refractivity contribution in [3.63, 3.8) is 0 Å². The van der Waals surface area contributed by atoms with E-state index in [1.165, 1.54) is 12.1 Å². The van der Waals surface area contributed by atoms with Gasteiger partial charge in [-0.1, -0.05) is 19.1 Å². The van der Waals surface area contributed by atoms with Gasteiger partial charge >= 0.3 is 0 Å².